The highest BCUT2D eigenvalue weighted by Gasteiger charge is 2.26. The largest absolute Gasteiger partial charge is 0.496 e. The minimum absolute atomic E-state index is 0.0323. The van der Waals surface area contributed by atoms with Crippen LogP contribution in [0.15, 0.2) is 36.5 Å². The van der Waals surface area contributed by atoms with Crippen molar-refractivity contribution in [3.05, 3.63) is 58.9 Å². The van der Waals surface area contributed by atoms with Crippen LogP contribution in [0.4, 0.5) is 0 Å². The van der Waals surface area contributed by atoms with Crippen molar-refractivity contribution in [2.45, 2.75) is 70.3 Å². The Morgan fingerprint density at radius 3 is 2.64 bits per heavy atom. The average molecular weight is 450 g/mol. The fourth-order valence-electron chi connectivity index (χ4n) is 5.07. The number of nitrogens with zero attached hydrogens (tertiary/aromatic N) is 2. The van der Waals surface area contributed by atoms with Crippen LogP contribution >= 0.6 is 0 Å². The molecule has 4 rings (SSSR count). The number of benzene rings is 1. The SMILES string of the molecule is COc1ccc(CCC(=O)N2CCCC(c3ccc(C(=O)NC4CCCC4)cn3)C2)cc1C. The summed E-state index contributed by atoms with van der Waals surface area (Å²) in [5.74, 6) is 1.26. The summed E-state index contributed by atoms with van der Waals surface area (Å²) in [6, 6.07) is 10.2. The zero-order valence-electron chi connectivity index (χ0n) is 19.8. The maximum atomic E-state index is 12.9. The first-order valence-corrected chi connectivity index (χ1v) is 12.2. The second kappa shape index (κ2) is 10.8. The fourth-order valence-corrected chi connectivity index (χ4v) is 5.07. The van der Waals surface area contributed by atoms with E-state index in [1.54, 1.807) is 13.3 Å². The van der Waals surface area contributed by atoms with Crippen LogP contribution in [0.2, 0.25) is 0 Å². The van der Waals surface area contributed by atoms with Crippen LogP contribution in [0.5, 0.6) is 5.75 Å². The van der Waals surface area contributed by atoms with Gasteiger partial charge in [-0.1, -0.05) is 25.0 Å². The number of pyridine rings is 1. The number of aromatic nitrogens is 1. The van der Waals surface area contributed by atoms with Crippen LogP contribution in [0.1, 0.15) is 78.0 Å². The Bertz CT molecular complexity index is 967. The van der Waals surface area contributed by atoms with E-state index in [0.717, 1.165) is 61.2 Å². The summed E-state index contributed by atoms with van der Waals surface area (Å²) in [5, 5.41) is 3.11. The summed E-state index contributed by atoms with van der Waals surface area (Å²) in [6.07, 6.45) is 9.44. The van der Waals surface area contributed by atoms with Crippen LogP contribution in [-0.4, -0.2) is 47.9 Å². The maximum absolute atomic E-state index is 12.9. The summed E-state index contributed by atoms with van der Waals surface area (Å²) in [7, 11) is 1.67. The molecule has 0 bridgehead atoms. The molecular weight excluding hydrogens is 414 g/mol. The van der Waals surface area contributed by atoms with Gasteiger partial charge in [-0.3, -0.25) is 14.6 Å². The molecule has 1 saturated carbocycles. The van der Waals surface area contributed by atoms with Crippen molar-refractivity contribution in [1.29, 1.82) is 0 Å². The quantitative estimate of drug-likeness (QED) is 0.680. The molecule has 1 aliphatic heterocycles. The second-order valence-corrected chi connectivity index (χ2v) is 9.41. The van der Waals surface area contributed by atoms with Crippen molar-refractivity contribution < 1.29 is 14.3 Å². The Hall–Kier alpha value is -2.89. The van der Waals surface area contributed by atoms with E-state index in [-0.39, 0.29) is 17.7 Å². The molecule has 0 spiro atoms. The Morgan fingerprint density at radius 2 is 1.94 bits per heavy atom. The molecule has 1 N–H and O–H groups in total. The van der Waals surface area contributed by atoms with E-state index in [0.29, 0.717) is 24.6 Å². The number of hydrogen-bond acceptors (Lipinski definition) is 4. The standard InChI is InChI=1S/C27H35N3O3/c1-19-16-20(9-13-25(19)33-2)10-14-26(31)30-15-5-6-22(18-30)24-12-11-21(17-28-24)27(32)29-23-7-3-4-8-23/h9,11-13,16-17,22-23H,3-8,10,14-15,18H2,1-2H3,(H,29,32). The third-order valence-electron chi connectivity index (χ3n) is 7.02. The Kier molecular flexibility index (Phi) is 7.63. The topological polar surface area (TPSA) is 71.5 Å². The lowest BCUT2D eigenvalue weighted by Gasteiger charge is -2.32. The number of piperidine rings is 1. The summed E-state index contributed by atoms with van der Waals surface area (Å²) in [4.78, 5) is 31.9. The van der Waals surface area contributed by atoms with E-state index in [1.165, 1.54) is 12.8 Å². The third kappa shape index (κ3) is 5.92. The van der Waals surface area contributed by atoms with Gasteiger partial charge in [-0.25, -0.2) is 0 Å². The molecule has 33 heavy (non-hydrogen) atoms. The van der Waals surface area contributed by atoms with Gasteiger partial charge in [0.15, 0.2) is 0 Å². The Morgan fingerprint density at radius 1 is 1.12 bits per heavy atom. The van der Waals surface area contributed by atoms with E-state index in [2.05, 4.69) is 16.4 Å². The fraction of sp³-hybridized carbons (Fsp3) is 0.519. The van der Waals surface area contributed by atoms with Crippen LogP contribution in [0, 0.1) is 6.92 Å². The highest BCUT2D eigenvalue weighted by atomic mass is 16.5. The predicted octanol–water partition coefficient (Wildman–Crippen LogP) is 4.41. The van der Waals surface area contributed by atoms with E-state index >= 15 is 0 Å². The number of carbonyl (C=O) groups excluding carboxylic acids is 2. The third-order valence-corrected chi connectivity index (χ3v) is 7.02. The van der Waals surface area contributed by atoms with Gasteiger partial charge in [-0.2, -0.15) is 0 Å². The van der Waals surface area contributed by atoms with Crippen molar-refractivity contribution in [2.24, 2.45) is 0 Å². The average Bonchev–Trinajstić information content (AvgIpc) is 3.36. The number of ether oxygens (including phenoxy) is 1. The van der Waals surface area contributed by atoms with Gasteiger partial charge in [0.25, 0.3) is 5.91 Å². The van der Waals surface area contributed by atoms with Crippen LogP contribution < -0.4 is 10.1 Å². The smallest absolute Gasteiger partial charge is 0.253 e. The van der Waals surface area contributed by atoms with Gasteiger partial charge >= 0.3 is 0 Å². The Balaban J connectivity index is 1.30. The van der Waals surface area contributed by atoms with Gasteiger partial charge in [0, 0.05) is 43.4 Å². The molecule has 1 aromatic heterocycles. The molecule has 1 atom stereocenters. The normalized spacial score (nSPS) is 18.8. The van der Waals surface area contributed by atoms with Crippen LogP contribution in [0.3, 0.4) is 0 Å². The molecule has 1 saturated heterocycles. The highest BCUT2D eigenvalue weighted by Crippen LogP contribution is 2.27. The molecular formula is C27H35N3O3. The molecule has 0 radical (unpaired) electrons. The van der Waals surface area contributed by atoms with E-state index in [9.17, 15) is 9.59 Å². The number of hydrogen-bond donors (Lipinski definition) is 1. The zero-order valence-corrected chi connectivity index (χ0v) is 19.8. The van der Waals surface area contributed by atoms with E-state index < -0.39 is 0 Å². The van der Waals surface area contributed by atoms with Crippen molar-refractivity contribution in [1.82, 2.24) is 15.2 Å². The predicted molar refractivity (Wildman–Crippen MR) is 129 cm³/mol. The molecule has 2 amide bonds. The molecule has 2 aliphatic rings. The van der Waals surface area contributed by atoms with Gasteiger partial charge in [0.2, 0.25) is 5.91 Å². The molecule has 6 nitrogen and oxygen atoms in total. The first-order valence-electron chi connectivity index (χ1n) is 12.2. The molecule has 1 unspecified atom stereocenters. The number of aryl methyl sites for hydroxylation is 2. The number of rotatable bonds is 7. The number of carbonyl (C=O) groups is 2. The van der Waals surface area contributed by atoms with E-state index in [1.807, 2.05) is 36.1 Å². The lowest BCUT2D eigenvalue weighted by Crippen LogP contribution is -2.39. The lowest BCUT2D eigenvalue weighted by atomic mass is 9.93. The molecule has 1 aliphatic carbocycles. The molecule has 2 aromatic rings. The molecule has 2 heterocycles. The van der Waals surface area contributed by atoms with Gasteiger partial charge in [0.1, 0.15) is 5.75 Å². The van der Waals surface area contributed by atoms with Crippen molar-refractivity contribution in [3.63, 3.8) is 0 Å². The molecule has 1 aromatic carbocycles. The van der Waals surface area contributed by atoms with Gasteiger partial charge in [-0.05, 0) is 68.4 Å². The molecule has 176 valence electrons. The number of likely N-dealkylation sites (tertiary alicyclic amines) is 1. The summed E-state index contributed by atoms with van der Waals surface area (Å²) in [6.45, 7) is 3.52. The molecule has 2 fully saturated rings. The van der Waals surface area contributed by atoms with Crippen LogP contribution in [-0.2, 0) is 11.2 Å². The summed E-state index contributed by atoms with van der Waals surface area (Å²) >= 11 is 0. The zero-order chi connectivity index (χ0) is 23.2. The number of amides is 2. The Labute approximate surface area is 196 Å². The summed E-state index contributed by atoms with van der Waals surface area (Å²) < 4.78 is 5.32. The first kappa shape index (κ1) is 23.3. The lowest BCUT2D eigenvalue weighted by molar-refractivity contribution is -0.132. The van der Waals surface area contributed by atoms with E-state index in [4.69, 9.17) is 4.74 Å². The number of nitrogens with one attached hydrogen (secondary N) is 1. The maximum Gasteiger partial charge on any atom is 0.253 e. The minimum atomic E-state index is -0.0323. The van der Waals surface area contributed by atoms with Crippen LogP contribution in [0.25, 0.3) is 0 Å². The minimum Gasteiger partial charge on any atom is -0.496 e. The number of methoxy groups -OCH3 is 1. The molecule has 6 heteroatoms. The monoisotopic (exact) mass is 449 g/mol. The summed E-state index contributed by atoms with van der Waals surface area (Å²) in [5.41, 5.74) is 3.83. The van der Waals surface area contributed by atoms with Gasteiger partial charge < -0.3 is 15.0 Å². The first-order chi connectivity index (χ1) is 16.0. The van der Waals surface area contributed by atoms with Crippen molar-refractivity contribution >= 4 is 11.8 Å². The van der Waals surface area contributed by atoms with Crippen molar-refractivity contribution in [2.75, 3.05) is 20.2 Å². The highest BCUT2D eigenvalue weighted by molar-refractivity contribution is 5.94. The van der Waals surface area contributed by atoms with Gasteiger partial charge in [0.05, 0.1) is 12.7 Å². The van der Waals surface area contributed by atoms with Gasteiger partial charge in [-0.15, -0.1) is 0 Å². The van der Waals surface area contributed by atoms with Crippen molar-refractivity contribution in [3.8, 4) is 5.75 Å². The second-order valence-electron chi connectivity index (χ2n) is 9.41.